The van der Waals surface area contributed by atoms with Gasteiger partial charge in [-0.25, -0.2) is 4.98 Å². The third kappa shape index (κ3) is 2.95. The highest BCUT2D eigenvalue weighted by molar-refractivity contribution is 14.1. The van der Waals surface area contributed by atoms with Gasteiger partial charge in [-0.1, -0.05) is 6.92 Å². The summed E-state index contributed by atoms with van der Waals surface area (Å²) >= 11 is 2.19. The van der Waals surface area contributed by atoms with Crippen molar-refractivity contribution in [3.8, 4) is 0 Å². The first kappa shape index (κ1) is 10.4. The quantitative estimate of drug-likeness (QED) is 0.849. The van der Waals surface area contributed by atoms with Crippen LogP contribution in [0.3, 0.4) is 0 Å². The Hall–Kier alpha value is -0.650. The number of pyridine rings is 1. The first-order valence-corrected chi connectivity index (χ1v) is 5.13. The minimum atomic E-state index is -0.00296. The van der Waals surface area contributed by atoms with E-state index in [0.29, 0.717) is 12.2 Å². The van der Waals surface area contributed by atoms with Crippen molar-refractivity contribution in [2.75, 3.05) is 5.32 Å². The molecule has 1 amide bonds. The van der Waals surface area contributed by atoms with Crippen LogP contribution in [0.15, 0.2) is 12.3 Å². The third-order valence-corrected chi connectivity index (χ3v) is 2.21. The summed E-state index contributed by atoms with van der Waals surface area (Å²) in [5.74, 6) is 0.657. The maximum atomic E-state index is 11.1. The van der Waals surface area contributed by atoms with Crippen LogP contribution in [-0.4, -0.2) is 10.9 Å². The van der Waals surface area contributed by atoms with E-state index in [1.54, 1.807) is 6.20 Å². The summed E-state index contributed by atoms with van der Waals surface area (Å²) in [5, 5.41) is 2.73. The summed E-state index contributed by atoms with van der Waals surface area (Å²) in [6.45, 7) is 3.75. The molecule has 4 heteroatoms. The first-order chi connectivity index (χ1) is 6.13. The van der Waals surface area contributed by atoms with E-state index in [9.17, 15) is 4.79 Å². The van der Waals surface area contributed by atoms with Crippen LogP contribution in [0.25, 0.3) is 0 Å². The molecule has 0 saturated carbocycles. The molecule has 0 fully saturated rings. The summed E-state index contributed by atoms with van der Waals surface area (Å²) in [6.07, 6.45) is 2.21. The molecule has 0 bridgehead atoms. The van der Waals surface area contributed by atoms with Gasteiger partial charge in [-0.15, -0.1) is 0 Å². The Kier molecular flexibility index (Phi) is 3.65. The molecular formula is C9H11IN2O. The molecule has 0 aliphatic heterocycles. The smallest absolute Gasteiger partial charge is 0.225 e. The second-order valence-corrected chi connectivity index (χ2v) is 3.97. The number of nitrogens with one attached hydrogen (secondary N) is 1. The van der Waals surface area contributed by atoms with Crippen LogP contribution in [0.1, 0.15) is 18.9 Å². The molecule has 1 aromatic heterocycles. The molecule has 0 atom stereocenters. The first-order valence-electron chi connectivity index (χ1n) is 4.05. The van der Waals surface area contributed by atoms with Crippen LogP contribution in [0.5, 0.6) is 0 Å². The second kappa shape index (κ2) is 4.55. The maximum Gasteiger partial charge on any atom is 0.225 e. The number of rotatable bonds is 2. The summed E-state index contributed by atoms with van der Waals surface area (Å²) in [6, 6.07) is 1.98. The zero-order valence-electron chi connectivity index (χ0n) is 7.60. The van der Waals surface area contributed by atoms with E-state index >= 15 is 0 Å². The molecule has 70 valence electrons. The lowest BCUT2D eigenvalue weighted by Crippen LogP contribution is -2.11. The number of carbonyl (C=O) groups is 1. The molecule has 0 aliphatic rings. The number of hydrogen-bond acceptors (Lipinski definition) is 2. The Labute approximate surface area is 91.1 Å². The number of carbonyl (C=O) groups excluding carboxylic acids is 1. The summed E-state index contributed by atoms with van der Waals surface area (Å²) < 4.78 is 1.07. The van der Waals surface area contributed by atoms with Crippen LogP contribution in [0, 0.1) is 10.5 Å². The van der Waals surface area contributed by atoms with Gasteiger partial charge < -0.3 is 5.32 Å². The van der Waals surface area contributed by atoms with Crippen molar-refractivity contribution < 1.29 is 4.79 Å². The number of anilines is 1. The van der Waals surface area contributed by atoms with E-state index in [0.717, 1.165) is 9.13 Å². The molecule has 0 aliphatic carbocycles. The molecule has 0 saturated heterocycles. The van der Waals surface area contributed by atoms with E-state index < -0.39 is 0 Å². The predicted molar refractivity (Wildman–Crippen MR) is 60.6 cm³/mol. The van der Waals surface area contributed by atoms with Gasteiger partial charge >= 0.3 is 0 Å². The molecule has 1 rings (SSSR count). The molecule has 1 heterocycles. The predicted octanol–water partition coefficient (Wildman–Crippen LogP) is 2.34. The number of amides is 1. The van der Waals surface area contributed by atoms with Crippen LogP contribution in [-0.2, 0) is 4.79 Å². The van der Waals surface area contributed by atoms with Crippen LogP contribution >= 0.6 is 22.6 Å². The SMILES string of the molecule is CCC(=O)Nc1ncc(I)cc1C. The molecule has 13 heavy (non-hydrogen) atoms. The normalized spacial score (nSPS) is 9.77. The minimum absolute atomic E-state index is 0.00296. The maximum absolute atomic E-state index is 11.1. The average Bonchev–Trinajstić information content (AvgIpc) is 2.09. The molecule has 0 aromatic carbocycles. The minimum Gasteiger partial charge on any atom is -0.310 e. The fourth-order valence-corrected chi connectivity index (χ4v) is 1.50. The van der Waals surface area contributed by atoms with Gasteiger partial charge in [0.25, 0.3) is 0 Å². The summed E-state index contributed by atoms with van der Waals surface area (Å²) in [4.78, 5) is 15.2. The van der Waals surface area contributed by atoms with Crippen molar-refractivity contribution in [3.05, 3.63) is 21.4 Å². The second-order valence-electron chi connectivity index (χ2n) is 2.72. The highest BCUT2D eigenvalue weighted by Gasteiger charge is 2.03. The number of hydrogen-bond donors (Lipinski definition) is 1. The zero-order chi connectivity index (χ0) is 9.84. The highest BCUT2D eigenvalue weighted by atomic mass is 127. The largest absolute Gasteiger partial charge is 0.310 e. The van der Waals surface area contributed by atoms with E-state index in [1.165, 1.54) is 0 Å². The van der Waals surface area contributed by atoms with Crippen molar-refractivity contribution in [2.45, 2.75) is 20.3 Å². The van der Waals surface area contributed by atoms with Gasteiger partial charge in [-0.05, 0) is 41.1 Å². The van der Waals surface area contributed by atoms with Crippen LogP contribution in [0.4, 0.5) is 5.82 Å². The lowest BCUT2D eigenvalue weighted by Gasteiger charge is -2.05. The van der Waals surface area contributed by atoms with E-state index in [2.05, 4.69) is 32.9 Å². The Bertz CT molecular complexity index is 325. The Balaban J connectivity index is 2.83. The molecule has 0 unspecified atom stereocenters. The molecule has 3 nitrogen and oxygen atoms in total. The lowest BCUT2D eigenvalue weighted by molar-refractivity contribution is -0.115. The molecule has 0 spiro atoms. The fourth-order valence-electron chi connectivity index (χ4n) is 0.892. The van der Waals surface area contributed by atoms with Crippen molar-refractivity contribution in [3.63, 3.8) is 0 Å². The van der Waals surface area contributed by atoms with Gasteiger partial charge in [-0.3, -0.25) is 4.79 Å². The highest BCUT2D eigenvalue weighted by Crippen LogP contribution is 2.14. The van der Waals surface area contributed by atoms with Crippen LogP contribution in [0.2, 0.25) is 0 Å². The van der Waals surface area contributed by atoms with Gasteiger partial charge in [0.05, 0.1) is 0 Å². The number of aryl methyl sites for hydroxylation is 1. The van der Waals surface area contributed by atoms with Crippen molar-refractivity contribution >= 4 is 34.3 Å². The molecule has 1 N–H and O–H groups in total. The fraction of sp³-hybridized carbons (Fsp3) is 0.333. The molecular weight excluding hydrogens is 279 g/mol. The number of halogens is 1. The monoisotopic (exact) mass is 290 g/mol. The van der Waals surface area contributed by atoms with Gasteiger partial charge in [0.2, 0.25) is 5.91 Å². The third-order valence-electron chi connectivity index (χ3n) is 1.62. The van der Waals surface area contributed by atoms with E-state index in [1.807, 2.05) is 19.9 Å². The molecule has 1 aromatic rings. The Morgan fingerprint density at radius 1 is 1.69 bits per heavy atom. The molecule has 0 radical (unpaired) electrons. The Morgan fingerprint density at radius 2 is 2.38 bits per heavy atom. The van der Waals surface area contributed by atoms with Crippen LogP contribution < -0.4 is 5.32 Å². The van der Waals surface area contributed by atoms with Gasteiger partial charge in [-0.2, -0.15) is 0 Å². The van der Waals surface area contributed by atoms with Crippen molar-refractivity contribution in [2.24, 2.45) is 0 Å². The average molecular weight is 290 g/mol. The summed E-state index contributed by atoms with van der Waals surface area (Å²) in [5.41, 5.74) is 0.994. The van der Waals surface area contributed by atoms with Crippen molar-refractivity contribution in [1.29, 1.82) is 0 Å². The zero-order valence-corrected chi connectivity index (χ0v) is 9.75. The van der Waals surface area contributed by atoms with Gasteiger partial charge in [0, 0.05) is 16.2 Å². The standard InChI is InChI=1S/C9H11IN2O/c1-3-8(13)12-9-6(2)4-7(10)5-11-9/h4-5H,3H2,1-2H3,(H,11,12,13). The van der Waals surface area contributed by atoms with Gasteiger partial charge in [0.1, 0.15) is 5.82 Å². The topological polar surface area (TPSA) is 42.0 Å². The van der Waals surface area contributed by atoms with E-state index in [4.69, 9.17) is 0 Å². The Morgan fingerprint density at radius 3 is 2.92 bits per heavy atom. The number of nitrogens with zero attached hydrogens (tertiary/aromatic N) is 1. The van der Waals surface area contributed by atoms with Gasteiger partial charge in [0.15, 0.2) is 0 Å². The van der Waals surface area contributed by atoms with E-state index in [-0.39, 0.29) is 5.91 Å². The lowest BCUT2D eigenvalue weighted by atomic mass is 10.3. The number of aromatic nitrogens is 1. The van der Waals surface area contributed by atoms with Crippen molar-refractivity contribution in [1.82, 2.24) is 4.98 Å². The summed E-state index contributed by atoms with van der Waals surface area (Å²) in [7, 11) is 0.